The van der Waals surface area contributed by atoms with E-state index in [2.05, 4.69) is 69.2 Å². The molecule has 2 atom stereocenters. The number of carbonyl (C=O) groups excluding carboxylic acids is 1. The van der Waals surface area contributed by atoms with Crippen LogP contribution in [0.1, 0.15) is 94.9 Å². The van der Waals surface area contributed by atoms with Crippen molar-refractivity contribution < 1.29 is 23.9 Å². The van der Waals surface area contributed by atoms with Gasteiger partial charge in [0.25, 0.3) is 0 Å². The third-order valence-corrected chi connectivity index (χ3v) is 5.95. The number of ether oxygens (including phenoxy) is 2. The Kier molecular flexibility index (Phi) is 8.69. The maximum atomic E-state index is 12.5. The summed E-state index contributed by atoms with van der Waals surface area (Å²) in [4.78, 5) is 24.7. The molecule has 2 saturated heterocycles. The molecule has 2 fully saturated rings. The number of carbonyl (C=O) groups is 1. The van der Waals surface area contributed by atoms with E-state index in [1.807, 2.05) is 10.1 Å². The first-order chi connectivity index (χ1) is 14.5. The van der Waals surface area contributed by atoms with Crippen LogP contribution >= 0.6 is 0 Å². The van der Waals surface area contributed by atoms with E-state index in [-0.39, 0.29) is 34.1 Å². The van der Waals surface area contributed by atoms with E-state index < -0.39 is 6.16 Å². The molecule has 0 spiro atoms. The molecule has 0 aromatic heterocycles. The summed E-state index contributed by atoms with van der Waals surface area (Å²) < 4.78 is 11.4. The quantitative estimate of drug-likeness (QED) is 0.483. The van der Waals surface area contributed by atoms with E-state index in [4.69, 9.17) is 19.1 Å². The lowest BCUT2D eigenvalue weighted by molar-refractivity contribution is -0.254. The third-order valence-electron chi connectivity index (χ3n) is 5.95. The molecule has 0 aromatic carbocycles. The molecule has 2 heterocycles. The summed E-state index contributed by atoms with van der Waals surface area (Å²) in [7, 11) is 0. The van der Waals surface area contributed by atoms with Crippen LogP contribution in [-0.2, 0) is 19.1 Å². The van der Waals surface area contributed by atoms with Crippen LogP contribution in [0.2, 0.25) is 0 Å². The van der Waals surface area contributed by atoms with E-state index in [0.29, 0.717) is 13.2 Å². The molecule has 0 amide bonds. The lowest BCUT2D eigenvalue weighted by Gasteiger charge is -2.45. The van der Waals surface area contributed by atoms with E-state index in [0.717, 1.165) is 38.8 Å². The Labute approximate surface area is 196 Å². The van der Waals surface area contributed by atoms with Crippen molar-refractivity contribution in [2.24, 2.45) is 10.8 Å². The van der Waals surface area contributed by atoms with Crippen molar-refractivity contribution in [1.29, 1.82) is 0 Å². The molecule has 7 heteroatoms. The summed E-state index contributed by atoms with van der Waals surface area (Å²) in [5.41, 5.74) is -0.193. The number of rotatable bonds is 6. The smallest absolute Gasteiger partial charge is 0.431 e. The number of piperidine rings is 2. The molecule has 0 saturated carbocycles. The van der Waals surface area contributed by atoms with Gasteiger partial charge in [0.05, 0.1) is 13.2 Å². The fourth-order valence-electron chi connectivity index (χ4n) is 4.17. The maximum Gasteiger partial charge on any atom is 0.508 e. The molecule has 188 valence electrons. The molecular weight excluding hydrogens is 408 g/mol. The van der Waals surface area contributed by atoms with Crippen LogP contribution in [0.15, 0.2) is 0 Å². The number of hydroxylamine groups is 4. The van der Waals surface area contributed by atoms with Gasteiger partial charge >= 0.3 is 6.16 Å². The predicted octanol–water partition coefficient (Wildman–Crippen LogP) is 5.58. The first-order valence-corrected chi connectivity index (χ1v) is 12.2. The SMILES string of the molecule is CC(C)(C)CON1CCC(OC(=O)OC2CCN(OCC(C)(C)C)C(C)(C)C2)CC1(C)C. The average Bonchev–Trinajstić information content (AvgIpc) is 2.57. The van der Waals surface area contributed by atoms with Crippen LogP contribution in [0.25, 0.3) is 0 Å². The van der Waals surface area contributed by atoms with Crippen molar-refractivity contribution in [1.82, 2.24) is 10.1 Å². The molecule has 2 rings (SSSR count). The van der Waals surface area contributed by atoms with Gasteiger partial charge in [-0.05, 0) is 51.4 Å². The summed E-state index contributed by atoms with van der Waals surface area (Å²) in [6, 6.07) is 0. The van der Waals surface area contributed by atoms with Gasteiger partial charge in [-0.2, -0.15) is 10.1 Å². The highest BCUT2D eigenvalue weighted by Crippen LogP contribution is 2.33. The van der Waals surface area contributed by atoms with Gasteiger partial charge in [0.15, 0.2) is 0 Å². The molecule has 0 radical (unpaired) electrons. The minimum Gasteiger partial charge on any atom is -0.431 e. The van der Waals surface area contributed by atoms with Crippen molar-refractivity contribution in [2.75, 3.05) is 26.3 Å². The average molecular weight is 457 g/mol. The minimum atomic E-state index is -0.556. The highest BCUT2D eigenvalue weighted by Gasteiger charge is 2.40. The molecule has 0 N–H and O–H groups in total. The van der Waals surface area contributed by atoms with Gasteiger partial charge in [-0.1, -0.05) is 41.5 Å². The van der Waals surface area contributed by atoms with Gasteiger partial charge in [0.1, 0.15) is 12.2 Å². The topological polar surface area (TPSA) is 60.5 Å². The molecule has 2 unspecified atom stereocenters. The van der Waals surface area contributed by atoms with Gasteiger partial charge < -0.3 is 9.47 Å². The van der Waals surface area contributed by atoms with Gasteiger partial charge in [-0.15, -0.1) is 0 Å². The summed E-state index contributed by atoms with van der Waals surface area (Å²) in [6.07, 6.45) is 2.05. The largest absolute Gasteiger partial charge is 0.508 e. The standard InChI is InChI=1S/C25H48N2O5/c1-22(2,3)17-29-26-13-11-19(15-24(26,7)8)31-21(28)32-20-12-14-27(25(9,10)16-20)30-18-23(4,5)6/h19-20H,11-18H2,1-10H3. The molecule has 2 aliphatic rings. The Balaban J connectivity index is 1.80. The second kappa shape index (κ2) is 10.2. The normalized spacial score (nSPS) is 27.2. The number of nitrogens with zero attached hydrogens (tertiary/aromatic N) is 2. The first kappa shape index (κ1) is 27.4. The van der Waals surface area contributed by atoms with Crippen LogP contribution in [-0.4, -0.2) is 65.9 Å². The molecule has 0 aromatic rings. The fourth-order valence-corrected chi connectivity index (χ4v) is 4.17. The van der Waals surface area contributed by atoms with E-state index in [1.54, 1.807) is 0 Å². The van der Waals surface area contributed by atoms with Crippen molar-refractivity contribution in [3.05, 3.63) is 0 Å². The number of hydrogen-bond donors (Lipinski definition) is 0. The lowest BCUT2D eigenvalue weighted by atomic mass is 9.90. The minimum absolute atomic E-state index is 0.106. The predicted molar refractivity (Wildman–Crippen MR) is 126 cm³/mol. The summed E-state index contributed by atoms with van der Waals surface area (Å²) in [6.45, 7) is 24.3. The van der Waals surface area contributed by atoms with Crippen LogP contribution in [0, 0.1) is 10.8 Å². The van der Waals surface area contributed by atoms with Gasteiger partial charge in [-0.3, -0.25) is 9.68 Å². The van der Waals surface area contributed by atoms with Gasteiger partial charge in [0, 0.05) is 37.0 Å². The Morgan fingerprint density at radius 1 is 0.750 bits per heavy atom. The monoisotopic (exact) mass is 456 g/mol. The van der Waals surface area contributed by atoms with Crippen molar-refractivity contribution in [2.45, 2.75) is 118 Å². The Hall–Kier alpha value is -0.890. The molecule has 2 aliphatic heterocycles. The lowest BCUT2D eigenvalue weighted by Crippen LogP contribution is -2.53. The Morgan fingerprint density at radius 3 is 1.38 bits per heavy atom. The zero-order valence-corrected chi connectivity index (χ0v) is 22.2. The summed E-state index contributed by atoms with van der Waals surface area (Å²) in [5, 5.41) is 4.08. The first-order valence-electron chi connectivity index (χ1n) is 12.2. The Morgan fingerprint density at radius 2 is 1.09 bits per heavy atom. The van der Waals surface area contributed by atoms with Crippen molar-refractivity contribution in [3.8, 4) is 0 Å². The molecule has 32 heavy (non-hydrogen) atoms. The van der Waals surface area contributed by atoms with Crippen LogP contribution in [0.4, 0.5) is 4.79 Å². The van der Waals surface area contributed by atoms with E-state index in [9.17, 15) is 4.79 Å². The molecule has 0 aliphatic carbocycles. The summed E-state index contributed by atoms with van der Waals surface area (Å²) in [5.74, 6) is 0. The van der Waals surface area contributed by atoms with Crippen molar-refractivity contribution in [3.63, 3.8) is 0 Å². The fraction of sp³-hybridized carbons (Fsp3) is 0.960. The zero-order valence-electron chi connectivity index (χ0n) is 22.2. The highest BCUT2D eigenvalue weighted by atomic mass is 16.7. The summed E-state index contributed by atoms with van der Waals surface area (Å²) >= 11 is 0. The Bertz CT molecular complexity index is 569. The van der Waals surface area contributed by atoms with Gasteiger partial charge in [0.2, 0.25) is 0 Å². The van der Waals surface area contributed by atoms with E-state index >= 15 is 0 Å². The van der Waals surface area contributed by atoms with Crippen molar-refractivity contribution >= 4 is 6.16 Å². The maximum absolute atomic E-state index is 12.5. The van der Waals surface area contributed by atoms with E-state index in [1.165, 1.54) is 0 Å². The molecule has 0 bridgehead atoms. The second-order valence-corrected chi connectivity index (χ2v) is 13.2. The molecule has 7 nitrogen and oxygen atoms in total. The number of hydrogen-bond acceptors (Lipinski definition) is 7. The van der Waals surface area contributed by atoms with Gasteiger partial charge in [-0.25, -0.2) is 4.79 Å². The third kappa shape index (κ3) is 8.81. The van der Waals surface area contributed by atoms with Crippen LogP contribution in [0.3, 0.4) is 0 Å². The van der Waals surface area contributed by atoms with Crippen LogP contribution in [0.5, 0.6) is 0 Å². The highest BCUT2D eigenvalue weighted by molar-refractivity contribution is 5.60. The van der Waals surface area contributed by atoms with Crippen LogP contribution < -0.4 is 0 Å². The molecular formula is C25H48N2O5. The second-order valence-electron chi connectivity index (χ2n) is 13.2. The zero-order chi connectivity index (χ0) is 24.4.